The molecule has 3 aromatic rings. The van der Waals surface area contributed by atoms with Gasteiger partial charge in [-0.1, -0.05) is 30.7 Å². The monoisotopic (exact) mass is 432 g/mol. The van der Waals surface area contributed by atoms with Gasteiger partial charge in [-0.05, 0) is 36.2 Å². The minimum absolute atomic E-state index is 0.172. The number of carbonyl (C=O) groups is 1. The molecule has 160 valence electrons. The second-order valence-electron chi connectivity index (χ2n) is 6.81. The zero-order valence-electron chi connectivity index (χ0n) is 17.2. The van der Waals surface area contributed by atoms with E-state index in [-0.39, 0.29) is 12.3 Å². The molecule has 0 spiro atoms. The van der Waals surface area contributed by atoms with E-state index in [1.54, 1.807) is 29.3 Å². The number of pyridine rings is 1. The number of carbonyl (C=O) groups excluding carboxylic acids is 1. The van der Waals surface area contributed by atoms with Crippen LogP contribution in [0.2, 0.25) is 5.02 Å². The number of aliphatic hydroxyl groups excluding tert-OH is 1. The van der Waals surface area contributed by atoms with Gasteiger partial charge in [-0.2, -0.15) is 5.06 Å². The van der Waals surface area contributed by atoms with E-state index in [0.29, 0.717) is 29.3 Å². The van der Waals surface area contributed by atoms with Crippen LogP contribution in [0.15, 0.2) is 36.4 Å². The second kappa shape index (κ2) is 9.99. The van der Waals surface area contributed by atoms with Crippen LogP contribution in [0.1, 0.15) is 41.3 Å². The number of hydroxylamine groups is 2. The molecule has 0 aliphatic carbocycles. The molecule has 0 unspecified atom stereocenters. The number of hydrogen-bond donors (Lipinski definition) is 1. The summed E-state index contributed by atoms with van der Waals surface area (Å²) in [6, 6.07) is 10.5. The van der Waals surface area contributed by atoms with Gasteiger partial charge in [-0.15, -0.1) is 0 Å². The van der Waals surface area contributed by atoms with Gasteiger partial charge < -0.3 is 14.4 Å². The Kier molecular flexibility index (Phi) is 7.38. The Balaban J connectivity index is 1.83. The number of benzene rings is 1. The maximum atomic E-state index is 11.8. The molecule has 9 heteroatoms. The van der Waals surface area contributed by atoms with Gasteiger partial charge in [0.1, 0.15) is 17.4 Å². The van der Waals surface area contributed by atoms with Crippen LogP contribution >= 0.6 is 11.6 Å². The van der Waals surface area contributed by atoms with Crippen LogP contribution in [0, 0.1) is 0 Å². The van der Waals surface area contributed by atoms with Crippen LogP contribution in [0.25, 0.3) is 11.2 Å². The number of ether oxygens (including phenoxy) is 1. The van der Waals surface area contributed by atoms with Crippen molar-refractivity contribution in [1.29, 1.82) is 0 Å². The van der Waals surface area contributed by atoms with Crippen molar-refractivity contribution in [3.05, 3.63) is 58.5 Å². The number of methoxy groups -OCH3 is 1. The lowest BCUT2D eigenvalue weighted by Gasteiger charge is -2.26. The van der Waals surface area contributed by atoms with Gasteiger partial charge in [0, 0.05) is 18.6 Å². The van der Waals surface area contributed by atoms with E-state index in [4.69, 9.17) is 21.2 Å². The standard InChI is InChI=1S/C21H25ClN4O4/c1-4-11-26(30-18(13-27)14-5-7-15(22)8-6-14)12-19-23-16-9-10-17(21(28)29-3)24-20(16)25(19)2/h5-10,18,27H,4,11-13H2,1-3H3/t18-/m0/s1. The van der Waals surface area contributed by atoms with E-state index in [9.17, 15) is 9.90 Å². The first kappa shape index (κ1) is 22.2. The second-order valence-corrected chi connectivity index (χ2v) is 7.25. The maximum Gasteiger partial charge on any atom is 0.356 e. The Labute approximate surface area is 180 Å². The number of nitrogens with zero attached hydrogens (tertiary/aromatic N) is 4. The lowest BCUT2D eigenvalue weighted by atomic mass is 10.1. The number of imidazole rings is 1. The third kappa shape index (κ3) is 4.96. The Morgan fingerprint density at radius 2 is 1.97 bits per heavy atom. The van der Waals surface area contributed by atoms with Crippen LogP contribution in [0.5, 0.6) is 0 Å². The van der Waals surface area contributed by atoms with Gasteiger partial charge in [-0.3, -0.25) is 4.84 Å². The van der Waals surface area contributed by atoms with Crippen molar-refractivity contribution in [2.75, 3.05) is 20.3 Å². The number of fused-ring (bicyclic) bond motifs is 1. The fourth-order valence-corrected chi connectivity index (χ4v) is 3.23. The number of halogens is 1. The summed E-state index contributed by atoms with van der Waals surface area (Å²) in [5.41, 5.74) is 2.32. The molecule has 0 saturated carbocycles. The fraction of sp³-hybridized carbons (Fsp3) is 0.381. The third-order valence-corrected chi connectivity index (χ3v) is 4.93. The maximum absolute atomic E-state index is 11.8. The van der Waals surface area contributed by atoms with Crippen molar-refractivity contribution >= 4 is 28.7 Å². The van der Waals surface area contributed by atoms with Crippen LogP contribution in [0.4, 0.5) is 0 Å². The minimum Gasteiger partial charge on any atom is -0.464 e. The van der Waals surface area contributed by atoms with Gasteiger partial charge in [0.2, 0.25) is 0 Å². The number of aromatic nitrogens is 3. The summed E-state index contributed by atoms with van der Waals surface area (Å²) < 4.78 is 6.57. The van der Waals surface area contributed by atoms with Gasteiger partial charge in [-0.25, -0.2) is 14.8 Å². The Morgan fingerprint density at radius 3 is 2.60 bits per heavy atom. The van der Waals surface area contributed by atoms with E-state index in [1.165, 1.54) is 7.11 Å². The topological polar surface area (TPSA) is 89.7 Å². The zero-order chi connectivity index (χ0) is 21.7. The highest BCUT2D eigenvalue weighted by molar-refractivity contribution is 6.30. The molecule has 2 aromatic heterocycles. The molecule has 1 N–H and O–H groups in total. The number of esters is 1. The molecular weight excluding hydrogens is 408 g/mol. The van der Waals surface area contributed by atoms with Gasteiger partial charge in [0.05, 0.1) is 20.3 Å². The number of hydrogen-bond acceptors (Lipinski definition) is 7. The first-order valence-corrected chi connectivity index (χ1v) is 10.0. The van der Waals surface area contributed by atoms with Crippen molar-refractivity contribution in [2.24, 2.45) is 7.05 Å². The highest BCUT2D eigenvalue weighted by Crippen LogP contribution is 2.22. The van der Waals surface area contributed by atoms with Gasteiger partial charge in [0.15, 0.2) is 11.3 Å². The minimum atomic E-state index is -0.521. The predicted octanol–water partition coefficient (Wildman–Crippen LogP) is 3.29. The molecular formula is C21H25ClN4O4. The molecule has 3 rings (SSSR count). The first-order valence-electron chi connectivity index (χ1n) is 9.65. The van der Waals surface area contributed by atoms with Crippen LogP contribution < -0.4 is 0 Å². The van der Waals surface area contributed by atoms with Crippen molar-refractivity contribution in [2.45, 2.75) is 26.0 Å². The molecule has 0 aliphatic heterocycles. The van der Waals surface area contributed by atoms with E-state index in [2.05, 4.69) is 9.97 Å². The fourth-order valence-electron chi connectivity index (χ4n) is 3.10. The Morgan fingerprint density at radius 1 is 1.23 bits per heavy atom. The largest absolute Gasteiger partial charge is 0.464 e. The summed E-state index contributed by atoms with van der Waals surface area (Å²) in [6.07, 6.45) is 0.334. The summed E-state index contributed by atoms with van der Waals surface area (Å²) in [5, 5.41) is 12.2. The van der Waals surface area contributed by atoms with E-state index >= 15 is 0 Å². The quantitative estimate of drug-likeness (QED) is 0.410. The predicted molar refractivity (Wildman–Crippen MR) is 113 cm³/mol. The number of aryl methyl sites for hydroxylation is 1. The van der Waals surface area contributed by atoms with E-state index in [1.807, 2.05) is 30.7 Å². The molecule has 2 heterocycles. The Bertz CT molecular complexity index is 1010. The van der Waals surface area contributed by atoms with Crippen LogP contribution in [0.3, 0.4) is 0 Å². The summed E-state index contributed by atoms with van der Waals surface area (Å²) in [5.74, 6) is 0.227. The van der Waals surface area contributed by atoms with Gasteiger partial charge in [0.25, 0.3) is 0 Å². The molecule has 8 nitrogen and oxygen atoms in total. The van der Waals surface area contributed by atoms with Crippen LogP contribution in [-0.4, -0.2) is 50.9 Å². The molecule has 0 radical (unpaired) electrons. The average Bonchev–Trinajstić information content (AvgIpc) is 3.07. The summed E-state index contributed by atoms with van der Waals surface area (Å²) >= 11 is 5.96. The molecule has 0 bridgehead atoms. The summed E-state index contributed by atoms with van der Waals surface area (Å²) in [6.45, 7) is 2.91. The SMILES string of the molecule is CCCN(Cc1nc2ccc(C(=O)OC)nc2n1C)O[C@@H](CO)c1ccc(Cl)cc1. The van der Waals surface area contributed by atoms with Crippen molar-refractivity contribution in [1.82, 2.24) is 19.6 Å². The molecule has 1 atom stereocenters. The summed E-state index contributed by atoms with van der Waals surface area (Å²) in [7, 11) is 3.16. The van der Waals surface area contributed by atoms with Gasteiger partial charge >= 0.3 is 5.97 Å². The summed E-state index contributed by atoms with van der Waals surface area (Å²) in [4.78, 5) is 26.9. The highest BCUT2D eigenvalue weighted by atomic mass is 35.5. The van der Waals surface area contributed by atoms with E-state index in [0.717, 1.165) is 17.8 Å². The average molecular weight is 433 g/mol. The van der Waals surface area contributed by atoms with Crippen LogP contribution in [-0.2, 0) is 23.2 Å². The van der Waals surface area contributed by atoms with E-state index < -0.39 is 12.1 Å². The molecule has 0 aliphatic rings. The molecule has 0 amide bonds. The molecule has 0 fully saturated rings. The van der Waals surface area contributed by atoms with Crippen molar-refractivity contribution in [3.63, 3.8) is 0 Å². The lowest BCUT2D eigenvalue weighted by molar-refractivity contribution is -0.217. The molecule has 1 aromatic carbocycles. The number of rotatable bonds is 9. The lowest BCUT2D eigenvalue weighted by Crippen LogP contribution is -2.29. The zero-order valence-corrected chi connectivity index (χ0v) is 18.0. The Hall–Kier alpha value is -2.52. The molecule has 30 heavy (non-hydrogen) atoms. The third-order valence-electron chi connectivity index (χ3n) is 4.68. The molecule has 0 saturated heterocycles. The normalized spacial score (nSPS) is 12.5. The number of aliphatic hydroxyl groups is 1. The smallest absolute Gasteiger partial charge is 0.356 e. The first-order chi connectivity index (χ1) is 14.5. The van der Waals surface area contributed by atoms with Crippen molar-refractivity contribution < 1.29 is 19.5 Å². The van der Waals surface area contributed by atoms with Crippen molar-refractivity contribution in [3.8, 4) is 0 Å². The highest BCUT2D eigenvalue weighted by Gasteiger charge is 2.20.